The standard InChI is InChI=1S/C24H30N6O3S/c1-33-24(32)17-6-8-18(9-7-17)27-23(31)19-14-20(15-2-4-16(5-3-15)21(25)26)28-29-22(19)30-10-12-34-13-11-30/h2-5,14,17-18H,6-13H2,1H3,(H3,25,26)(H,27,31). The maximum absolute atomic E-state index is 13.4. The van der Waals surface area contributed by atoms with Gasteiger partial charge in [0.05, 0.1) is 24.3 Å². The summed E-state index contributed by atoms with van der Waals surface area (Å²) < 4.78 is 4.87. The van der Waals surface area contributed by atoms with Gasteiger partial charge in [-0.25, -0.2) is 0 Å². The zero-order valence-corrected chi connectivity index (χ0v) is 20.1. The van der Waals surface area contributed by atoms with Crippen molar-refractivity contribution in [2.24, 2.45) is 11.7 Å². The molecule has 0 unspecified atom stereocenters. The number of methoxy groups -OCH3 is 1. The number of nitrogens with two attached hydrogens (primary N) is 1. The Morgan fingerprint density at radius 1 is 1.12 bits per heavy atom. The minimum absolute atomic E-state index is 0.00191. The molecule has 0 bridgehead atoms. The van der Waals surface area contributed by atoms with Gasteiger partial charge in [0.1, 0.15) is 5.84 Å². The van der Waals surface area contributed by atoms with Crippen molar-refractivity contribution in [1.29, 1.82) is 5.41 Å². The van der Waals surface area contributed by atoms with Crippen LogP contribution >= 0.6 is 11.8 Å². The van der Waals surface area contributed by atoms with Crippen LogP contribution in [-0.2, 0) is 9.53 Å². The molecular formula is C24H30N6O3S. The molecule has 4 rings (SSSR count). The fourth-order valence-electron chi connectivity index (χ4n) is 4.43. The number of nitrogens with zero attached hydrogens (tertiary/aromatic N) is 3. The number of nitrogens with one attached hydrogen (secondary N) is 2. The van der Waals surface area contributed by atoms with Gasteiger partial charge in [-0.1, -0.05) is 24.3 Å². The number of amidine groups is 1. The Balaban J connectivity index is 1.56. The van der Waals surface area contributed by atoms with Crippen molar-refractivity contribution < 1.29 is 14.3 Å². The fraction of sp³-hybridized carbons (Fsp3) is 0.458. The van der Waals surface area contributed by atoms with E-state index in [1.54, 1.807) is 18.2 Å². The van der Waals surface area contributed by atoms with Crippen molar-refractivity contribution in [2.45, 2.75) is 31.7 Å². The van der Waals surface area contributed by atoms with Gasteiger partial charge >= 0.3 is 5.97 Å². The Morgan fingerprint density at radius 3 is 2.41 bits per heavy atom. The quantitative estimate of drug-likeness (QED) is 0.325. The Labute approximate surface area is 203 Å². The monoisotopic (exact) mass is 482 g/mol. The number of amides is 1. The number of benzene rings is 1. The largest absolute Gasteiger partial charge is 0.469 e. The third-order valence-corrected chi connectivity index (χ3v) is 7.36. The highest BCUT2D eigenvalue weighted by Gasteiger charge is 2.29. The summed E-state index contributed by atoms with van der Waals surface area (Å²) in [4.78, 5) is 27.4. The van der Waals surface area contributed by atoms with Crippen molar-refractivity contribution in [3.05, 3.63) is 41.5 Å². The van der Waals surface area contributed by atoms with Crippen molar-refractivity contribution in [1.82, 2.24) is 15.5 Å². The molecule has 4 N–H and O–H groups in total. The molecular weight excluding hydrogens is 452 g/mol. The Hall–Kier alpha value is -3.14. The average Bonchev–Trinajstić information content (AvgIpc) is 2.89. The number of nitrogen functional groups attached to an aromatic ring is 1. The summed E-state index contributed by atoms with van der Waals surface area (Å²) in [7, 11) is 1.42. The Morgan fingerprint density at radius 2 is 1.79 bits per heavy atom. The van der Waals surface area contributed by atoms with Crippen LogP contribution in [0.25, 0.3) is 11.3 Å². The first-order valence-corrected chi connectivity index (χ1v) is 12.7. The second-order valence-corrected chi connectivity index (χ2v) is 9.83. The van der Waals surface area contributed by atoms with E-state index in [1.807, 2.05) is 23.9 Å². The van der Waals surface area contributed by atoms with Gasteiger partial charge in [0.2, 0.25) is 0 Å². The lowest BCUT2D eigenvalue weighted by atomic mass is 9.86. The molecule has 1 saturated carbocycles. The van der Waals surface area contributed by atoms with Gasteiger partial charge in [-0.05, 0) is 31.7 Å². The second-order valence-electron chi connectivity index (χ2n) is 8.60. The molecule has 2 aliphatic rings. The fourth-order valence-corrected chi connectivity index (χ4v) is 5.33. The summed E-state index contributed by atoms with van der Waals surface area (Å²) in [5, 5.41) is 19.6. The van der Waals surface area contributed by atoms with Crippen LogP contribution in [-0.4, -0.2) is 65.7 Å². The number of thioether (sulfide) groups is 1. The normalized spacial score (nSPS) is 20.4. The maximum Gasteiger partial charge on any atom is 0.308 e. The van der Waals surface area contributed by atoms with E-state index >= 15 is 0 Å². The lowest BCUT2D eigenvalue weighted by Gasteiger charge is -2.30. The third-order valence-electron chi connectivity index (χ3n) is 6.42. The van der Waals surface area contributed by atoms with E-state index in [0.717, 1.165) is 43.0 Å². The molecule has 1 amide bonds. The topological polar surface area (TPSA) is 134 Å². The van der Waals surface area contributed by atoms with E-state index in [0.29, 0.717) is 35.5 Å². The molecule has 2 heterocycles. The first kappa shape index (κ1) is 24.0. The summed E-state index contributed by atoms with van der Waals surface area (Å²) >= 11 is 1.89. The minimum Gasteiger partial charge on any atom is -0.469 e. The third kappa shape index (κ3) is 5.49. The van der Waals surface area contributed by atoms with Crippen molar-refractivity contribution in [2.75, 3.05) is 36.6 Å². The van der Waals surface area contributed by atoms with Gasteiger partial charge < -0.3 is 20.7 Å². The molecule has 1 aromatic carbocycles. The van der Waals surface area contributed by atoms with Crippen LogP contribution in [0.2, 0.25) is 0 Å². The highest BCUT2D eigenvalue weighted by Crippen LogP contribution is 2.28. The summed E-state index contributed by atoms with van der Waals surface area (Å²) in [5.74, 6) is 2.12. The lowest BCUT2D eigenvalue weighted by molar-refractivity contribution is -0.146. The van der Waals surface area contributed by atoms with Crippen molar-refractivity contribution in [3.8, 4) is 11.3 Å². The smallest absolute Gasteiger partial charge is 0.308 e. The summed E-state index contributed by atoms with van der Waals surface area (Å²) in [5.41, 5.74) is 8.07. The summed E-state index contributed by atoms with van der Waals surface area (Å²) in [6.07, 6.45) is 2.88. The van der Waals surface area contributed by atoms with Crippen LogP contribution in [0.1, 0.15) is 41.6 Å². The first-order valence-electron chi connectivity index (χ1n) is 11.5. The highest BCUT2D eigenvalue weighted by atomic mass is 32.2. The number of aromatic nitrogens is 2. The predicted octanol–water partition coefficient (Wildman–Crippen LogP) is 2.44. The van der Waals surface area contributed by atoms with Crippen LogP contribution in [0.5, 0.6) is 0 Å². The number of carbonyl (C=O) groups excluding carboxylic acids is 2. The molecule has 0 atom stereocenters. The molecule has 10 heteroatoms. The number of rotatable bonds is 6. The number of carbonyl (C=O) groups is 2. The van der Waals surface area contributed by atoms with Gasteiger partial charge in [-0.15, -0.1) is 10.2 Å². The number of hydrogen-bond donors (Lipinski definition) is 3. The SMILES string of the molecule is COC(=O)C1CCC(NC(=O)c2cc(-c3ccc(C(=N)N)cc3)nnc2N2CCSCC2)CC1. The molecule has 180 valence electrons. The number of anilines is 1. The van der Waals surface area contributed by atoms with Crippen LogP contribution in [0, 0.1) is 11.3 Å². The van der Waals surface area contributed by atoms with Gasteiger partial charge in [-0.3, -0.25) is 15.0 Å². The van der Waals surface area contributed by atoms with Gasteiger partial charge in [0.15, 0.2) is 5.82 Å². The Bertz CT molecular complexity index is 1050. The molecule has 2 aromatic rings. The van der Waals surface area contributed by atoms with E-state index in [2.05, 4.69) is 20.4 Å². The zero-order chi connectivity index (χ0) is 24.1. The van der Waals surface area contributed by atoms with Gasteiger partial charge in [-0.2, -0.15) is 11.8 Å². The molecule has 1 aliphatic heterocycles. The molecule has 0 radical (unpaired) electrons. The van der Waals surface area contributed by atoms with E-state index in [1.165, 1.54) is 7.11 Å². The lowest BCUT2D eigenvalue weighted by Crippen LogP contribution is -2.40. The zero-order valence-electron chi connectivity index (χ0n) is 19.3. The van der Waals surface area contributed by atoms with Gasteiger partial charge in [0.25, 0.3) is 5.91 Å². The minimum atomic E-state index is -0.175. The van der Waals surface area contributed by atoms with Gasteiger partial charge in [0, 0.05) is 41.8 Å². The van der Waals surface area contributed by atoms with E-state index < -0.39 is 0 Å². The molecule has 0 spiro atoms. The average molecular weight is 483 g/mol. The van der Waals surface area contributed by atoms with E-state index in [4.69, 9.17) is 15.9 Å². The second kappa shape index (κ2) is 10.9. The predicted molar refractivity (Wildman–Crippen MR) is 133 cm³/mol. The molecule has 34 heavy (non-hydrogen) atoms. The van der Waals surface area contributed by atoms with Crippen LogP contribution in [0.4, 0.5) is 5.82 Å². The summed E-state index contributed by atoms with van der Waals surface area (Å²) in [6, 6.07) is 8.97. The first-order chi connectivity index (χ1) is 16.5. The number of ether oxygens (including phenoxy) is 1. The van der Waals surface area contributed by atoms with E-state index in [9.17, 15) is 9.59 Å². The molecule has 9 nitrogen and oxygen atoms in total. The van der Waals surface area contributed by atoms with Crippen molar-refractivity contribution in [3.63, 3.8) is 0 Å². The molecule has 2 fully saturated rings. The van der Waals surface area contributed by atoms with Crippen molar-refractivity contribution >= 4 is 35.3 Å². The van der Waals surface area contributed by atoms with Crippen LogP contribution in [0.15, 0.2) is 30.3 Å². The van der Waals surface area contributed by atoms with E-state index in [-0.39, 0.29) is 29.7 Å². The maximum atomic E-state index is 13.4. The molecule has 1 aromatic heterocycles. The number of hydrogen-bond acceptors (Lipinski definition) is 8. The van der Waals surface area contributed by atoms with Crippen LogP contribution < -0.4 is 16.0 Å². The van der Waals surface area contributed by atoms with Crippen LogP contribution in [0.3, 0.4) is 0 Å². The molecule has 1 aliphatic carbocycles. The highest BCUT2D eigenvalue weighted by molar-refractivity contribution is 7.99. The Kier molecular flexibility index (Phi) is 7.66. The number of esters is 1. The summed E-state index contributed by atoms with van der Waals surface area (Å²) in [6.45, 7) is 1.63. The molecule has 1 saturated heterocycles.